The zero-order valence-electron chi connectivity index (χ0n) is 13.4. The van der Waals surface area contributed by atoms with E-state index in [1.165, 1.54) is 11.3 Å². The van der Waals surface area contributed by atoms with E-state index in [0.29, 0.717) is 5.92 Å². The molecule has 1 heterocycles. The summed E-state index contributed by atoms with van der Waals surface area (Å²) in [5, 5.41) is 3.39. The van der Waals surface area contributed by atoms with E-state index in [2.05, 4.69) is 56.7 Å². The first-order valence-corrected chi connectivity index (χ1v) is 7.62. The molecule has 0 fully saturated rings. The number of anilines is 1. The second kappa shape index (κ2) is 8.75. The fraction of sp³-hybridized carbons (Fsp3) is 0.588. The number of hydrogen-bond acceptors (Lipinski definition) is 3. The number of nitrogens with zero attached hydrogens (tertiary/aromatic N) is 2. The van der Waals surface area contributed by atoms with E-state index in [9.17, 15) is 0 Å². The molecule has 0 aliphatic carbocycles. The standard InChI is InChI=1S/C17H29N3/c1-6-8-9-10-20(5)17-12-15(13-18-7-2)11-16(19-17)14(3)4/h6,11-12,14,18H,1,7-10,13H2,2-5H3. The van der Waals surface area contributed by atoms with Gasteiger partial charge < -0.3 is 10.2 Å². The minimum atomic E-state index is 0.455. The van der Waals surface area contributed by atoms with Crippen molar-refractivity contribution in [2.24, 2.45) is 0 Å². The first kappa shape index (κ1) is 16.7. The number of allylic oxidation sites excluding steroid dienone is 1. The van der Waals surface area contributed by atoms with Crippen molar-refractivity contribution in [3.8, 4) is 0 Å². The Hall–Kier alpha value is -1.35. The summed E-state index contributed by atoms with van der Waals surface area (Å²) in [6, 6.07) is 4.41. The van der Waals surface area contributed by atoms with E-state index in [-0.39, 0.29) is 0 Å². The van der Waals surface area contributed by atoms with Crippen LogP contribution in [0.3, 0.4) is 0 Å². The molecule has 0 unspecified atom stereocenters. The number of unbranched alkanes of at least 4 members (excludes halogenated alkanes) is 1. The average molecular weight is 275 g/mol. The van der Waals surface area contributed by atoms with Gasteiger partial charge in [0.1, 0.15) is 5.82 Å². The normalized spacial score (nSPS) is 10.8. The van der Waals surface area contributed by atoms with Crippen LogP contribution in [0.5, 0.6) is 0 Å². The predicted octanol–water partition coefficient (Wildman–Crippen LogP) is 3.72. The van der Waals surface area contributed by atoms with Crippen LogP contribution in [0, 0.1) is 0 Å². The second-order valence-corrected chi connectivity index (χ2v) is 5.55. The Morgan fingerprint density at radius 2 is 2.15 bits per heavy atom. The predicted molar refractivity (Wildman–Crippen MR) is 88.4 cm³/mol. The maximum atomic E-state index is 4.79. The highest BCUT2D eigenvalue weighted by molar-refractivity contribution is 5.42. The topological polar surface area (TPSA) is 28.2 Å². The summed E-state index contributed by atoms with van der Waals surface area (Å²) >= 11 is 0. The van der Waals surface area contributed by atoms with Gasteiger partial charge in [0.25, 0.3) is 0 Å². The molecule has 3 nitrogen and oxygen atoms in total. The molecule has 20 heavy (non-hydrogen) atoms. The molecular weight excluding hydrogens is 246 g/mol. The molecular formula is C17H29N3. The highest BCUT2D eigenvalue weighted by Crippen LogP contribution is 2.20. The molecule has 0 radical (unpaired) electrons. The molecule has 1 aromatic rings. The minimum Gasteiger partial charge on any atom is -0.360 e. The lowest BCUT2D eigenvalue weighted by molar-refractivity contribution is 0.717. The van der Waals surface area contributed by atoms with Gasteiger partial charge >= 0.3 is 0 Å². The first-order valence-electron chi connectivity index (χ1n) is 7.62. The lowest BCUT2D eigenvalue weighted by atomic mass is 10.1. The molecule has 0 aliphatic heterocycles. The molecule has 112 valence electrons. The third-order valence-electron chi connectivity index (χ3n) is 3.35. The molecule has 0 spiro atoms. The Bertz CT molecular complexity index is 413. The van der Waals surface area contributed by atoms with Gasteiger partial charge in [-0.1, -0.05) is 26.8 Å². The minimum absolute atomic E-state index is 0.455. The van der Waals surface area contributed by atoms with E-state index in [4.69, 9.17) is 4.98 Å². The van der Waals surface area contributed by atoms with Crippen LogP contribution in [0.2, 0.25) is 0 Å². The molecule has 1 aromatic heterocycles. The van der Waals surface area contributed by atoms with Crippen molar-refractivity contribution in [2.45, 2.75) is 46.1 Å². The Morgan fingerprint density at radius 3 is 2.75 bits per heavy atom. The van der Waals surface area contributed by atoms with E-state index in [1.807, 2.05) is 6.08 Å². The van der Waals surface area contributed by atoms with Gasteiger partial charge in [-0.2, -0.15) is 0 Å². The molecule has 0 saturated carbocycles. The van der Waals surface area contributed by atoms with Gasteiger partial charge in [0.05, 0.1) is 0 Å². The van der Waals surface area contributed by atoms with Crippen molar-refractivity contribution in [3.63, 3.8) is 0 Å². The highest BCUT2D eigenvalue weighted by atomic mass is 15.2. The number of aromatic nitrogens is 1. The Kier molecular flexibility index (Phi) is 7.31. The van der Waals surface area contributed by atoms with E-state index >= 15 is 0 Å². The second-order valence-electron chi connectivity index (χ2n) is 5.55. The lowest BCUT2D eigenvalue weighted by Gasteiger charge is -2.20. The van der Waals surface area contributed by atoms with Crippen LogP contribution in [0.1, 0.15) is 50.8 Å². The van der Waals surface area contributed by atoms with Crippen LogP contribution in [-0.2, 0) is 6.54 Å². The van der Waals surface area contributed by atoms with Crippen molar-refractivity contribution >= 4 is 5.82 Å². The van der Waals surface area contributed by atoms with E-state index < -0.39 is 0 Å². The van der Waals surface area contributed by atoms with Gasteiger partial charge in [-0.25, -0.2) is 4.98 Å². The molecule has 0 atom stereocenters. The lowest BCUT2D eigenvalue weighted by Crippen LogP contribution is -2.21. The molecule has 0 saturated heterocycles. The summed E-state index contributed by atoms with van der Waals surface area (Å²) in [6.45, 7) is 13.2. The van der Waals surface area contributed by atoms with Gasteiger partial charge in [0.15, 0.2) is 0 Å². The summed E-state index contributed by atoms with van der Waals surface area (Å²) in [4.78, 5) is 7.03. The number of nitrogens with one attached hydrogen (secondary N) is 1. The third-order valence-corrected chi connectivity index (χ3v) is 3.35. The molecule has 0 amide bonds. The Labute approximate surface area is 124 Å². The number of pyridine rings is 1. The average Bonchev–Trinajstić information content (AvgIpc) is 2.44. The highest BCUT2D eigenvalue weighted by Gasteiger charge is 2.09. The summed E-state index contributed by atoms with van der Waals surface area (Å²) < 4.78 is 0. The van der Waals surface area contributed by atoms with Gasteiger partial charge in [-0.15, -0.1) is 6.58 Å². The van der Waals surface area contributed by atoms with Gasteiger partial charge in [-0.3, -0.25) is 0 Å². The van der Waals surface area contributed by atoms with Crippen molar-refractivity contribution < 1.29 is 0 Å². The molecule has 1 rings (SSSR count). The summed E-state index contributed by atoms with van der Waals surface area (Å²) in [6.07, 6.45) is 4.15. The molecule has 0 aromatic carbocycles. The van der Waals surface area contributed by atoms with Crippen LogP contribution < -0.4 is 10.2 Å². The van der Waals surface area contributed by atoms with Gasteiger partial charge in [0.2, 0.25) is 0 Å². The van der Waals surface area contributed by atoms with Crippen molar-refractivity contribution in [2.75, 3.05) is 25.0 Å². The van der Waals surface area contributed by atoms with Crippen molar-refractivity contribution in [1.29, 1.82) is 0 Å². The van der Waals surface area contributed by atoms with Crippen molar-refractivity contribution in [1.82, 2.24) is 10.3 Å². The first-order chi connectivity index (χ1) is 9.58. The van der Waals surface area contributed by atoms with Crippen LogP contribution >= 0.6 is 0 Å². The van der Waals surface area contributed by atoms with Crippen LogP contribution in [0.15, 0.2) is 24.8 Å². The SMILES string of the molecule is C=CCCCN(C)c1cc(CNCC)cc(C(C)C)n1. The fourth-order valence-corrected chi connectivity index (χ4v) is 2.04. The van der Waals surface area contributed by atoms with Crippen molar-refractivity contribution in [3.05, 3.63) is 36.0 Å². The summed E-state index contributed by atoms with van der Waals surface area (Å²) in [5.74, 6) is 1.53. The monoisotopic (exact) mass is 275 g/mol. The third kappa shape index (κ3) is 5.33. The number of rotatable bonds is 9. The maximum absolute atomic E-state index is 4.79. The van der Waals surface area contributed by atoms with Crippen LogP contribution in [-0.4, -0.2) is 25.1 Å². The Balaban J connectivity index is 2.86. The van der Waals surface area contributed by atoms with Gasteiger partial charge in [0, 0.05) is 25.8 Å². The summed E-state index contributed by atoms with van der Waals surface area (Å²) in [7, 11) is 2.12. The zero-order chi connectivity index (χ0) is 15.0. The zero-order valence-corrected chi connectivity index (χ0v) is 13.4. The molecule has 1 N–H and O–H groups in total. The van der Waals surface area contributed by atoms with Crippen LogP contribution in [0.4, 0.5) is 5.82 Å². The maximum Gasteiger partial charge on any atom is 0.128 e. The molecule has 0 bridgehead atoms. The van der Waals surface area contributed by atoms with E-state index in [1.54, 1.807) is 0 Å². The van der Waals surface area contributed by atoms with Crippen LogP contribution in [0.25, 0.3) is 0 Å². The Morgan fingerprint density at radius 1 is 1.40 bits per heavy atom. The molecule has 3 heteroatoms. The fourth-order valence-electron chi connectivity index (χ4n) is 2.04. The smallest absolute Gasteiger partial charge is 0.128 e. The quantitative estimate of drug-likeness (QED) is 0.550. The number of hydrogen-bond donors (Lipinski definition) is 1. The van der Waals surface area contributed by atoms with E-state index in [0.717, 1.165) is 38.3 Å². The summed E-state index contributed by atoms with van der Waals surface area (Å²) in [5.41, 5.74) is 2.49. The molecule has 0 aliphatic rings. The van der Waals surface area contributed by atoms with Gasteiger partial charge in [-0.05, 0) is 43.0 Å². The largest absolute Gasteiger partial charge is 0.360 e.